The van der Waals surface area contributed by atoms with Crippen molar-refractivity contribution >= 4 is 91.8 Å². The van der Waals surface area contributed by atoms with E-state index in [4.69, 9.17) is 23.2 Å². The fourth-order valence-corrected chi connectivity index (χ4v) is 3.80. The first kappa shape index (κ1) is 24.1. The highest BCUT2D eigenvalue weighted by Gasteiger charge is 2.26. The average molecular weight is 692 g/mol. The van der Waals surface area contributed by atoms with Gasteiger partial charge in [0.1, 0.15) is 31.8 Å². The van der Waals surface area contributed by atoms with E-state index in [0.29, 0.717) is 34.4 Å². The van der Waals surface area contributed by atoms with E-state index in [0.717, 1.165) is 6.81 Å². The van der Waals surface area contributed by atoms with E-state index in [1.807, 2.05) is 22.6 Å². The number of carbonyl (C=O) groups excluding carboxylic acids is 2. The van der Waals surface area contributed by atoms with Gasteiger partial charge in [-0.25, -0.2) is 21.9 Å². The quantitative estimate of drug-likeness (QED) is 0.142. The Morgan fingerprint density at radius 2 is 1.45 bits per heavy atom. The second-order valence-corrected chi connectivity index (χ2v) is 8.75. The summed E-state index contributed by atoms with van der Waals surface area (Å²) in [6.45, 7) is 0. The topological polar surface area (TPSA) is 72.0 Å². The molecule has 0 spiro atoms. The SMILES string of the molecule is Fc1ccc2nc(Cl)c(I)n2c1.Fc1ccc2nc(Cl)cn2c1.O=C1CCC(=O)N1I. The maximum Gasteiger partial charge on any atom is 0.238 e. The molecule has 0 aliphatic carbocycles. The van der Waals surface area contributed by atoms with E-state index in [2.05, 4.69) is 9.97 Å². The van der Waals surface area contributed by atoms with Crippen molar-refractivity contribution in [3.05, 3.63) is 68.5 Å². The highest BCUT2D eigenvalue weighted by atomic mass is 127. The molecule has 4 aromatic heterocycles. The van der Waals surface area contributed by atoms with Gasteiger partial charge in [-0.2, -0.15) is 0 Å². The Morgan fingerprint density at radius 1 is 0.871 bits per heavy atom. The number of carbonyl (C=O) groups is 2. The van der Waals surface area contributed by atoms with Crippen LogP contribution < -0.4 is 0 Å². The van der Waals surface area contributed by atoms with E-state index in [9.17, 15) is 18.4 Å². The molecular formula is C18H11Cl2F2I2N5O2. The zero-order valence-corrected chi connectivity index (χ0v) is 21.1. The average Bonchev–Trinajstić information content (AvgIpc) is 3.34. The molecule has 5 rings (SSSR count). The van der Waals surface area contributed by atoms with Gasteiger partial charge in [0.25, 0.3) is 0 Å². The minimum atomic E-state index is -0.299. The van der Waals surface area contributed by atoms with Crippen LogP contribution in [0.5, 0.6) is 0 Å². The molecule has 0 atom stereocenters. The molecular weight excluding hydrogens is 681 g/mol. The van der Waals surface area contributed by atoms with Crippen LogP contribution in [0.4, 0.5) is 8.78 Å². The van der Waals surface area contributed by atoms with Crippen molar-refractivity contribution in [3.8, 4) is 0 Å². The summed E-state index contributed by atoms with van der Waals surface area (Å²) in [5.41, 5.74) is 1.31. The van der Waals surface area contributed by atoms with Crippen molar-refractivity contribution in [2.24, 2.45) is 0 Å². The number of imide groups is 1. The van der Waals surface area contributed by atoms with E-state index >= 15 is 0 Å². The Morgan fingerprint density at radius 3 is 2.03 bits per heavy atom. The van der Waals surface area contributed by atoms with E-state index in [1.54, 1.807) is 45.6 Å². The lowest BCUT2D eigenvalue weighted by molar-refractivity contribution is -0.130. The lowest BCUT2D eigenvalue weighted by Crippen LogP contribution is -2.16. The lowest BCUT2D eigenvalue weighted by atomic mass is 10.4. The molecule has 1 aliphatic rings. The number of hydrogen-bond donors (Lipinski definition) is 0. The Kier molecular flexibility index (Phi) is 8.04. The largest absolute Gasteiger partial charge is 0.303 e. The molecule has 5 heterocycles. The molecule has 1 aliphatic heterocycles. The van der Waals surface area contributed by atoms with Gasteiger partial charge in [0.2, 0.25) is 11.8 Å². The minimum Gasteiger partial charge on any atom is -0.303 e. The summed E-state index contributed by atoms with van der Waals surface area (Å²) in [7, 11) is 0. The van der Waals surface area contributed by atoms with Gasteiger partial charge in [0, 0.05) is 31.4 Å². The zero-order valence-electron chi connectivity index (χ0n) is 15.3. The third-order valence-electron chi connectivity index (χ3n) is 3.86. The first-order valence-electron chi connectivity index (χ1n) is 8.45. The zero-order chi connectivity index (χ0) is 22.7. The van der Waals surface area contributed by atoms with E-state index in [-0.39, 0.29) is 23.4 Å². The number of aromatic nitrogens is 4. The van der Waals surface area contributed by atoms with Gasteiger partial charge in [-0.1, -0.05) is 23.2 Å². The van der Waals surface area contributed by atoms with Crippen LogP contribution in [0.15, 0.2) is 42.9 Å². The molecule has 0 radical (unpaired) electrons. The van der Waals surface area contributed by atoms with E-state index in [1.165, 1.54) is 28.9 Å². The van der Waals surface area contributed by atoms with E-state index < -0.39 is 0 Å². The predicted octanol–water partition coefficient (Wildman–Crippen LogP) is 5.34. The Hall–Kier alpha value is -1.58. The van der Waals surface area contributed by atoms with Gasteiger partial charge in [0.15, 0.2) is 5.15 Å². The molecule has 4 aromatic rings. The lowest BCUT2D eigenvalue weighted by Gasteiger charge is -1.97. The number of halogens is 6. The third kappa shape index (κ3) is 6.02. The highest BCUT2D eigenvalue weighted by Crippen LogP contribution is 2.19. The molecule has 1 saturated heterocycles. The fraction of sp³-hybridized carbons (Fsp3) is 0.111. The Bertz CT molecular complexity index is 1260. The molecule has 0 bridgehead atoms. The molecule has 2 amide bonds. The minimum absolute atomic E-state index is 0.0735. The second kappa shape index (κ2) is 10.4. The predicted molar refractivity (Wildman–Crippen MR) is 128 cm³/mol. The second-order valence-electron chi connectivity index (χ2n) is 6.01. The summed E-state index contributed by atoms with van der Waals surface area (Å²) >= 11 is 15.1. The number of rotatable bonds is 0. The van der Waals surface area contributed by atoms with Crippen LogP contribution in [0.2, 0.25) is 10.3 Å². The Labute approximate surface area is 212 Å². The molecule has 31 heavy (non-hydrogen) atoms. The number of hydrogen-bond acceptors (Lipinski definition) is 4. The smallest absolute Gasteiger partial charge is 0.238 e. The van der Waals surface area contributed by atoms with Gasteiger partial charge in [-0.05, 0) is 46.9 Å². The summed E-state index contributed by atoms with van der Waals surface area (Å²) in [4.78, 5) is 28.9. The van der Waals surface area contributed by atoms with Crippen molar-refractivity contribution in [3.63, 3.8) is 0 Å². The van der Waals surface area contributed by atoms with Gasteiger partial charge in [0.05, 0.1) is 22.9 Å². The van der Waals surface area contributed by atoms with Gasteiger partial charge in [-0.3, -0.25) is 14.0 Å². The van der Waals surface area contributed by atoms with Gasteiger partial charge < -0.3 is 4.40 Å². The number of pyridine rings is 2. The number of amides is 2. The van der Waals surface area contributed by atoms with Crippen molar-refractivity contribution in [2.45, 2.75) is 12.8 Å². The molecule has 0 aromatic carbocycles. The first-order valence-corrected chi connectivity index (χ1v) is 11.3. The number of imidazole rings is 2. The van der Waals surface area contributed by atoms with Crippen molar-refractivity contribution in [1.82, 2.24) is 21.9 Å². The number of nitrogens with zero attached hydrogens (tertiary/aromatic N) is 5. The maximum atomic E-state index is 12.7. The molecule has 0 N–H and O–H groups in total. The third-order valence-corrected chi connectivity index (χ3v) is 6.73. The molecule has 0 saturated carbocycles. The molecule has 0 unspecified atom stereocenters. The van der Waals surface area contributed by atoms with Crippen molar-refractivity contribution in [2.75, 3.05) is 0 Å². The molecule has 13 heteroatoms. The maximum absolute atomic E-state index is 12.7. The van der Waals surface area contributed by atoms with Crippen molar-refractivity contribution < 1.29 is 18.4 Å². The normalized spacial score (nSPS) is 13.3. The van der Waals surface area contributed by atoms with Crippen LogP contribution in [-0.4, -0.2) is 33.7 Å². The summed E-state index contributed by atoms with van der Waals surface area (Å²) in [6.07, 6.45) is 5.02. The van der Waals surface area contributed by atoms with Crippen LogP contribution in [0.3, 0.4) is 0 Å². The summed E-state index contributed by atoms with van der Waals surface area (Å²) in [6, 6.07) is 5.86. The highest BCUT2D eigenvalue weighted by molar-refractivity contribution is 14.1. The van der Waals surface area contributed by atoms with Crippen LogP contribution in [-0.2, 0) is 9.59 Å². The Balaban J connectivity index is 0.000000135. The van der Waals surface area contributed by atoms with Crippen LogP contribution in [0, 0.1) is 15.3 Å². The number of fused-ring (bicyclic) bond motifs is 2. The summed E-state index contributed by atoms with van der Waals surface area (Å²) < 4.78 is 30.3. The first-order chi connectivity index (χ1) is 14.7. The molecule has 162 valence electrons. The summed E-state index contributed by atoms with van der Waals surface area (Å²) in [5.74, 6) is -0.743. The van der Waals surface area contributed by atoms with Crippen LogP contribution in [0.1, 0.15) is 12.8 Å². The molecule has 1 fully saturated rings. The van der Waals surface area contributed by atoms with Crippen LogP contribution >= 0.6 is 68.7 Å². The monoisotopic (exact) mass is 691 g/mol. The van der Waals surface area contributed by atoms with Crippen LogP contribution in [0.25, 0.3) is 11.3 Å². The summed E-state index contributed by atoms with van der Waals surface area (Å²) in [5, 5.41) is 0.775. The fourth-order valence-electron chi connectivity index (χ4n) is 2.44. The van der Waals surface area contributed by atoms with Gasteiger partial charge >= 0.3 is 0 Å². The van der Waals surface area contributed by atoms with Gasteiger partial charge in [-0.15, -0.1) is 0 Å². The van der Waals surface area contributed by atoms with Crippen molar-refractivity contribution in [1.29, 1.82) is 0 Å². The standard InChI is InChI=1S/C7H3ClFIN2.C7H4ClFN2.C4H4INO2/c8-6-7(10)12-3-4(9)1-2-5(12)11-6;8-6-4-11-3-5(9)1-2-7(11)10-6;5-6-3(7)1-2-4(6)8/h1-3H;1-4H;1-2H2. The molecule has 7 nitrogen and oxygen atoms in total.